The van der Waals surface area contributed by atoms with E-state index in [4.69, 9.17) is 4.74 Å². The van der Waals surface area contributed by atoms with Gasteiger partial charge in [-0.1, -0.05) is 60.7 Å². The largest absolute Gasteiger partial charge is 0.449 e. The molecule has 160 valence electrons. The summed E-state index contributed by atoms with van der Waals surface area (Å²) in [4.78, 5) is 12.2. The molecule has 0 saturated heterocycles. The first-order chi connectivity index (χ1) is 15.0. The highest BCUT2D eigenvalue weighted by molar-refractivity contribution is 5.79. The molecule has 1 aliphatic carbocycles. The van der Waals surface area contributed by atoms with Crippen LogP contribution in [0.1, 0.15) is 34.3 Å². The standard InChI is InChI=1S/C25H24FNO4/c1-15-10-11-20(22(26)12-15)24(29)23(28)13-27-25(30)31-14-21-18-8-4-2-6-16(18)17-7-3-5-9-19(17)21/h2-12,21,23-24,28-29H,13-14H2,1H3,(H,27,30). The molecule has 1 aliphatic rings. The normalized spacial score (nSPS) is 14.5. The highest BCUT2D eigenvalue weighted by atomic mass is 19.1. The van der Waals surface area contributed by atoms with Gasteiger partial charge in [-0.15, -0.1) is 0 Å². The topological polar surface area (TPSA) is 78.8 Å². The van der Waals surface area contributed by atoms with Crippen LogP contribution in [0.3, 0.4) is 0 Å². The second-order valence-electron chi connectivity index (χ2n) is 7.74. The lowest BCUT2D eigenvalue weighted by Crippen LogP contribution is -2.36. The smallest absolute Gasteiger partial charge is 0.407 e. The van der Waals surface area contributed by atoms with Crippen LogP contribution in [-0.2, 0) is 4.74 Å². The maximum absolute atomic E-state index is 14.0. The zero-order chi connectivity index (χ0) is 22.0. The molecule has 3 aromatic carbocycles. The molecule has 2 atom stereocenters. The van der Waals surface area contributed by atoms with Crippen LogP contribution >= 0.6 is 0 Å². The number of rotatable bonds is 6. The van der Waals surface area contributed by atoms with Crippen molar-refractivity contribution in [3.05, 3.63) is 94.8 Å². The number of hydrogen-bond acceptors (Lipinski definition) is 4. The minimum atomic E-state index is -1.46. The summed E-state index contributed by atoms with van der Waals surface area (Å²) in [6.45, 7) is 1.60. The fourth-order valence-corrected chi connectivity index (χ4v) is 4.03. The zero-order valence-electron chi connectivity index (χ0n) is 17.1. The summed E-state index contributed by atoms with van der Waals surface area (Å²) >= 11 is 0. The summed E-state index contributed by atoms with van der Waals surface area (Å²) in [5.41, 5.74) is 5.15. The van der Waals surface area contributed by atoms with Gasteiger partial charge < -0.3 is 20.3 Å². The number of amides is 1. The van der Waals surface area contributed by atoms with E-state index in [0.29, 0.717) is 5.56 Å². The SMILES string of the molecule is Cc1ccc(C(O)C(O)CNC(=O)OCC2c3ccccc3-c3ccccc32)c(F)c1. The van der Waals surface area contributed by atoms with Gasteiger partial charge in [0.2, 0.25) is 0 Å². The Morgan fingerprint density at radius 1 is 1.03 bits per heavy atom. The van der Waals surface area contributed by atoms with Gasteiger partial charge in [0.05, 0.1) is 0 Å². The van der Waals surface area contributed by atoms with Crippen LogP contribution in [-0.4, -0.2) is 35.6 Å². The van der Waals surface area contributed by atoms with Crippen molar-refractivity contribution in [2.45, 2.75) is 25.0 Å². The van der Waals surface area contributed by atoms with Crippen LogP contribution in [0.5, 0.6) is 0 Å². The van der Waals surface area contributed by atoms with Crippen LogP contribution in [0.4, 0.5) is 9.18 Å². The molecular formula is C25H24FNO4. The van der Waals surface area contributed by atoms with E-state index in [-0.39, 0.29) is 24.6 Å². The first-order valence-corrected chi connectivity index (χ1v) is 10.2. The summed E-state index contributed by atoms with van der Waals surface area (Å²) in [5, 5.41) is 22.8. The number of carbonyl (C=O) groups excluding carboxylic acids is 1. The van der Waals surface area contributed by atoms with Crippen LogP contribution in [0.25, 0.3) is 11.1 Å². The molecule has 0 aliphatic heterocycles. The van der Waals surface area contributed by atoms with E-state index in [9.17, 15) is 19.4 Å². The van der Waals surface area contributed by atoms with Crippen LogP contribution in [0.15, 0.2) is 66.7 Å². The molecule has 0 fully saturated rings. The average Bonchev–Trinajstić information content (AvgIpc) is 3.09. The van der Waals surface area contributed by atoms with Gasteiger partial charge in [0.15, 0.2) is 0 Å². The predicted molar refractivity (Wildman–Crippen MR) is 115 cm³/mol. The number of aliphatic hydroxyl groups is 2. The fourth-order valence-electron chi connectivity index (χ4n) is 4.03. The zero-order valence-corrected chi connectivity index (χ0v) is 17.1. The lowest BCUT2D eigenvalue weighted by atomic mass is 9.98. The van der Waals surface area contributed by atoms with Crippen LogP contribution < -0.4 is 5.32 Å². The summed E-state index contributed by atoms with van der Waals surface area (Å²) in [6.07, 6.45) is -3.55. The number of fused-ring (bicyclic) bond motifs is 3. The van der Waals surface area contributed by atoms with E-state index in [1.807, 2.05) is 36.4 Å². The van der Waals surface area contributed by atoms with E-state index in [0.717, 1.165) is 22.3 Å². The Morgan fingerprint density at radius 3 is 2.26 bits per heavy atom. The van der Waals surface area contributed by atoms with Crippen molar-refractivity contribution in [1.82, 2.24) is 5.32 Å². The van der Waals surface area contributed by atoms with Crippen molar-refractivity contribution in [3.63, 3.8) is 0 Å². The summed E-state index contributed by atoms with van der Waals surface area (Å²) in [6, 6.07) is 20.4. The lowest BCUT2D eigenvalue weighted by molar-refractivity contribution is 0.0165. The number of aliphatic hydroxyl groups excluding tert-OH is 2. The lowest BCUT2D eigenvalue weighted by Gasteiger charge is -2.20. The number of benzene rings is 3. The number of nitrogens with one attached hydrogen (secondary N) is 1. The number of halogens is 1. The van der Waals surface area contributed by atoms with E-state index >= 15 is 0 Å². The van der Waals surface area contributed by atoms with Gasteiger partial charge in [-0.05, 0) is 40.8 Å². The van der Waals surface area contributed by atoms with Crippen molar-refractivity contribution >= 4 is 6.09 Å². The van der Waals surface area contributed by atoms with Crippen molar-refractivity contribution < 1.29 is 24.1 Å². The summed E-state index contributed by atoms with van der Waals surface area (Å²) < 4.78 is 19.4. The van der Waals surface area contributed by atoms with E-state index in [1.165, 1.54) is 12.1 Å². The third-order valence-electron chi connectivity index (χ3n) is 5.64. The maximum atomic E-state index is 14.0. The Kier molecular flexibility index (Phi) is 6.02. The fraction of sp³-hybridized carbons (Fsp3) is 0.240. The molecule has 0 radical (unpaired) electrons. The molecule has 0 aromatic heterocycles. The third kappa shape index (κ3) is 4.31. The number of aryl methyl sites for hydroxylation is 1. The summed E-state index contributed by atoms with van der Waals surface area (Å²) in [5.74, 6) is -0.678. The summed E-state index contributed by atoms with van der Waals surface area (Å²) in [7, 11) is 0. The molecule has 2 unspecified atom stereocenters. The van der Waals surface area contributed by atoms with Crippen LogP contribution in [0.2, 0.25) is 0 Å². The van der Waals surface area contributed by atoms with E-state index < -0.39 is 24.1 Å². The Bertz CT molecular complexity index is 1050. The predicted octanol–water partition coefficient (Wildman–Crippen LogP) is 4.07. The van der Waals surface area contributed by atoms with Crippen molar-refractivity contribution in [3.8, 4) is 11.1 Å². The van der Waals surface area contributed by atoms with E-state index in [2.05, 4.69) is 17.4 Å². The number of alkyl carbamates (subject to hydrolysis) is 1. The molecule has 3 aromatic rings. The molecule has 0 saturated carbocycles. The Labute approximate surface area is 180 Å². The van der Waals surface area contributed by atoms with Gasteiger partial charge in [0.1, 0.15) is 24.6 Å². The maximum Gasteiger partial charge on any atom is 0.407 e. The monoisotopic (exact) mass is 421 g/mol. The number of carbonyl (C=O) groups is 1. The first kappa shape index (κ1) is 21.0. The molecule has 6 heteroatoms. The van der Waals surface area contributed by atoms with Gasteiger partial charge in [-0.3, -0.25) is 0 Å². The number of hydrogen-bond donors (Lipinski definition) is 3. The van der Waals surface area contributed by atoms with Gasteiger partial charge in [0.25, 0.3) is 0 Å². The van der Waals surface area contributed by atoms with Crippen molar-refractivity contribution in [1.29, 1.82) is 0 Å². The number of ether oxygens (including phenoxy) is 1. The Hall–Kier alpha value is -3.22. The second-order valence-corrected chi connectivity index (χ2v) is 7.74. The molecular weight excluding hydrogens is 397 g/mol. The quantitative estimate of drug-likeness (QED) is 0.561. The molecule has 1 amide bonds. The molecule has 31 heavy (non-hydrogen) atoms. The van der Waals surface area contributed by atoms with E-state index in [1.54, 1.807) is 13.0 Å². The molecule has 3 N–H and O–H groups in total. The molecule has 0 heterocycles. The minimum absolute atomic E-state index is 0.0209. The first-order valence-electron chi connectivity index (χ1n) is 10.2. The van der Waals surface area contributed by atoms with Crippen molar-refractivity contribution in [2.24, 2.45) is 0 Å². The Balaban J connectivity index is 1.35. The molecule has 4 rings (SSSR count). The highest BCUT2D eigenvalue weighted by Gasteiger charge is 2.29. The second kappa shape index (κ2) is 8.88. The van der Waals surface area contributed by atoms with Gasteiger partial charge in [0, 0.05) is 18.0 Å². The molecule has 0 spiro atoms. The van der Waals surface area contributed by atoms with Gasteiger partial charge >= 0.3 is 6.09 Å². The van der Waals surface area contributed by atoms with Gasteiger partial charge in [-0.25, -0.2) is 9.18 Å². The minimum Gasteiger partial charge on any atom is -0.449 e. The molecule has 0 bridgehead atoms. The molecule has 5 nitrogen and oxygen atoms in total. The van der Waals surface area contributed by atoms with Gasteiger partial charge in [-0.2, -0.15) is 0 Å². The third-order valence-corrected chi connectivity index (χ3v) is 5.64. The highest BCUT2D eigenvalue weighted by Crippen LogP contribution is 2.44. The van der Waals surface area contributed by atoms with Crippen molar-refractivity contribution in [2.75, 3.05) is 13.2 Å². The Morgan fingerprint density at radius 2 is 1.65 bits per heavy atom. The average molecular weight is 421 g/mol. The van der Waals surface area contributed by atoms with Crippen LogP contribution in [0, 0.1) is 12.7 Å².